The van der Waals surface area contributed by atoms with Gasteiger partial charge in [0.2, 0.25) is 0 Å². The minimum Gasteiger partial charge on any atom is -0.504 e. The Hall–Kier alpha value is -1.85. The molecule has 3 aliphatic carbocycles. The summed E-state index contributed by atoms with van der Waals surface area (Å²) in [5.74, 6) is 0.279. The third-order valence-corrected chi connectivity index (χ3v) is 6.31. The molecule has 1 aromatic rings. The number of phenols is 1. The average Bonchev–Trinajstić information content (AvgIpc) is 2.85. The van der Waals surface area contributed by atoms with Gasteiger partial charge in [0.25, 0.3) is 0 Å². The van der Waals surface area contributed by atoms with Crippen LogP contribution in [-0.4, -0.2) is 33.7 Å². The molecule has 5 atom stereocenters. The van der Waals surface area contributed by atoms with Crippen molar-refractivity contribution < 1.29 is 25.5 Å². The molecule has 5 nitrogen and oxygen atoms in total. The topological polar surface area (TPSA) is 94.4 Å². The molecule has 22 heavy (non-hydrogen) atoms. The maximum atomic E-state index is 12.4. The van der Waals surface area contributed by atoms with Crippen LogP contribution < -0.4 is 10.5 Å². The van der Waals surface area contributed by atoms with Gasteiger partial charge in [-0.25, -0.2) is 0 Å². The fourth-order valence-corrected chi connectivity index (χ4v) is 5.34. The summed E-state index contributed by atoms with van der Waals surface area (Å²) < 4.78 is 5.89. The number of phenolic OH excluding ortho intramolecular Hbond substituents is 1. The van der Waals surface area contributed by atoms with E-state index in [1.165, 1.54) is 6.08 Å². The maximum absolute atomic E-state index is 12.4. The van der Waals surface area contributed by atoms with Gasteiger partial charge in [-0.15, -0.1) is 0 Å². The van der Waals surface area contributed by atoms with Crippen molar-refractivity contribution in [2.45, 2.75) is 42.4 Å². The highest BCUT2D eigenvalue weighted by Crippen LogP contribution is 2.65. The highest BCUT2D eigenvalue weighted by molar-refractivity contribution is 5.98. The van der Waals surface area contributed by atoms with E-state index in [1.807, 2.05) is 6.07 Å². The lowest BCUT2D eigenvalue weighted by Crippen LogP contribution is -2.78. The summed E-state index contributed by atoms with van der Waals surface area (Å²) in [6.45, 7) is 0. The van der Waals surface area contributed by atoms with Crippen molar-refractivity contribution in [3.05, 3.63) is 35.4 Å². The molecule has 2 unspecified atom stereocenters. The molecule has 0 radical (unpaired) electrons. The molecule has 2 bridgehead atoms. The first-order valence-corrected chi connectivity index (χ1v) is 7.79. The largest absolute Gasteiger partial charge is 0.504 e. The third kappa shape index (κ3) is 1.08. The molecule has 5 heteroatoms. The first kappa shape index (κ1) is 12.7. The van der Waals surface area contributed by atoms with Crippen LogP contribution in [0.25, 0.3) is 0 Å². The average molecular weight is 300 g/mol. The first-order valence-electron chi connectivity index (χ1n) is 7.79. The number of quaternary nitrogens is 1. The number of hydrogen-bond acceptors (Lipinski definition) is 4. The number of ketones is 1. The van der Waals surface area contributed by atoms with Crippen LogP contribution >= 0.6 is 0 Å². The van der Waals surface area contributed by atoms with Crippen LogP contribution in [0.5, 0.6) is 11.5 Å². The van der Waals surface area contributed by atoms with Crippen LogP contribution in [0, 0.1) is 5.92 Å². The normalized spacial score (nSPS) is 43.7. The molecule has 1 heterocycles. The standard InChI is InChI=1S/C17H17NO4/c18-10-3-5-16-13-8-1-2-11(19)14(13)22-15(16)12(20)4-6-17(16,21)9(10)7-8/h1-2,4,6,9-10,15,19,21H,3,5,7,18H2/p+1/t9-,10?,15?,16-,17+/m0/s1. The smallest absolute Gasteiger partial charge is 0.196 e. The molecule has 0 amide bonds. The van der Waals surface area contributed by atoms with Gasteiger partial charge in [0.05, 0.1) is 11.5 Å². The number of hydrogen-bond donors (Lipinski definition) is 3. The second kappa shape index (κ2) is 3.55. The lowest BCUT2D eigenvalue weighted by Gasteiger charge is -2.58. The van der Waals surface area contributed by atoms with Crippen LogP contribution in [0.3, 0.4) is 0 Å². The van der Waals surface area contributed by atoms with Gasteiger partial charge < -0.3 is 20.7 Å². The molecule has 0 aromatic heterocycles. The van der Waals surface area contributed by atoms with Gasteiger partial charge in [0, 0.05) is 17.9 Å². The van der Waals surface area contributed by atoms with E-state index in [9.17, 15) is 15.0 Å². The molecule has 114 valence electrons. The van der Waals surface area contributed by atoms with Crippen molar-refractivity contribution in [1.82, 2.24) is 0 Å². The number of aromatic hydroxyl groups is 1. The van der Waals surface area contributed by atoms with Crippen LogP contribution in [-0.2, 0) is 16.6 Å². The van der Waals surface area contributed by atoms with Crippen molar-refractivity contribution in [3.63, 3.8) is 0 Å². The van der Waals surface area contributed by atoms with Gasteiger partial charge in [0.1, 0.15) is 5.60 Å². The second-order valence-corrected chi connectivity index (χ2v) is 7.09. The Labute approximate surface area is 127 Å². The summed E-state index contributed by atoms with van der Waals surface area (Å²) in [5, 5.41) is 21.7. The predicted molar refractivity (Wildman–Crippen MR) is 76.4 cm³/mol. The van der Waals surface area contributed by atoms with Crippen molar-refractivity contribution >= 4 is 5.78 Å². The van der Waals surface area contributed by atoms with Gasteiger partial charge in [-0.3, -0.25) is 4.79 Å². The zero-order valence-electron chi connectivity index (χ0n) is 12.1. The zero-order chi connectivity index (χ0) is 15.3. The molecule has 1 fully saturated rings. The lowest BCUT2D eigenvalue weighted by atomic mass is 9.46. The van der Waals surface area contributed by atoms with Crippen LogP contribution in [0.4, 0.5) is 0 Å². The molecule has 1 saturated carbocycles. The number of ether oxygens (including phenoxy) is 1. The quantitative estimate of drug-likeness (QED) is 0.620. The van der Waals surface area contributed by atoms with Crippen LogP contribution in [0.1, 0.15) is 24.0 Å². The minimum atomic E-state index is -1.12. The van der Waals surface area contributed by atoms with Crippen LogP contribution in [0.2, 0.25) is 0 Å². The van der Waals surface area contributed by atoms with E-state index in [-0.39, 0.29) is 23.5 Å². The van der Waals surface area contributed by atoms with Gasteiger partial charge in [-0.1, -0.05) is 6.07 Å². The van der Waals surface area contributed by atoms with E-state index in [0.717, 1.165) is 17.5 Å². The van der Waals surface area contributed by atoms with E-state index < -0.39 is 17.1 Å². The fourth-order valence-electron chi connectivity index (χ4n) is 5.34. The highest BCUT2D eigenvalue weighted by atomic mass is 16.5. The van der Waals surface area contributed by atoms with E-state index in [2.05, 4.69) is 5.73 Å². The number of aliphatic hydroxyl groups is 1. The first-order chi connectivity index (χ1) is 10.5. The number of rotatable bonds is 0. The number of carbonyl (C=O) groups is 1. The molecule has 1 aliphatic heterocycles. The van der Waals surface area contributed by atoms with E-state index in [4.69, 9.17) is 4.74 Å². The Morgan fingerprint density at radius 3 is 3.00 bits per heavy atom. The Balaban J connectivity index is 1.91. The molecular formula is C17H18NO4+. The summed E-state index contributed by atoms with van der Waals surface area (Å²) in [4.78, 5) is 12.4. The monoisotopic (exact) mass is 300 g/mol. The maximum Gasteiger partial charge on any atom is 0.196 e. The number of benzene rings is 1. The third-order valence-electron chi connectivity index (χ3n) is 6.31. The lowest BCUT2D eigenvalue weighted by molar-refractivity contribution is -0.452. The Morgan fingerprint density at radius 2 is 2.18 bits per heavy atom. The summed E-state index contributed by atoms with van der Waals surface area (Å²) in [7, 11) is 0. The van der Waals surface area contributed by atoms with E-state index >= 15 is 0 Å². The molecule has 0 saturated heterocycles. The van der Waals surface area contributed by atoms with Crippen LogP contribution in [0.15, 0.2) is 24.3 Å². The SMILES string of the molecule is [NH3+]C1CC[C@]23c4c5ccc(O)c4OC2C(=O)C=C[C@@]3(O)[C@H]1C5. The summed E-state index contributed by atoms with van der Waals surface area (Å²) in [6, 6.07) is 3.66. The Kier molecular flexibility index (Phi) is 2.04. The molecule has 5 rings (SSSR count). The minimum absolute atomic E-state index is 0.0281. The zero-order valence-corrected chi connectivity index (χ0v) is 12.1. The second-order valence-electron chi connectivity index (χ2n) is 7.09. The van der Waals surface area contributed by atoms with Gasteiger partial charge >= 0.3 is 0 Å². The Morgan fingerprint density at radius 1 is 1.36 bits per heavy atom. The van der Waals surface area contributed by atoms with Gasteiger partial charge in [-0.2, -0.15) is 0 Å². The highest BCUT2D eigenvalue weighted by Gasteiger charge is 2.72. The summed E-state index contributed by atoms with van der Waals surface area (Å²) in [5.41, 5.74) is 4.27. The van der Waals surface area contributed by atoms with Crippen molar-refractivity contribution in [3.8, 4) is 11.5 Å². The predicted octanol–water partition coefficient (Wildman–Crippen LogP) is -0.162. The van der Waals surface area contributed by atoms with Gasteiger partial charge in [-0.05, 0) is 36.6 Å². The summed E-state index contributed by atoms with van der Waals surface area (Å²) in [6.07, 6.45) is 4.57. The summed E-state index contributed by atoms with van der Waals surface area (Å²) >= 11 is 0. The van der Waals surface area contributed by atoms with E-state index in [0.29, 0.717) is 18.6 Å². The van der Waals surface area contributed by atoms with Crippen molar-refractivity contribution in [2.24, 2.45) is 5.92 Å². The fraction of sp³-hybridized carbons (Fsp3) is 0.471. The Bertz CT molecular complexity index is 757. The van der Waals surface area contributed by atoms with Crippen molar-refractivity contribution in [1.29, 1.82) is 0 Å². The molecule has 5 N–H and O–H groups in total. The van der Waals surface area contributed by atoms with Gasteiger partial charge in [0.15, 0.2) is 23.4 Å². The molecular weight excluding hydrogens is 282 g/mol. The van der Waals surface area contributed by atoms with E-state index in [1.54, 1.807) is 12.1 Å². The molecule has 1 aromatic carbocycles. The number of carbonyl (C=O) groups excluding carboxylic acids is 1. The molecule has 1 spiro atoms. The van der Waals surface area contributed by atoms with Crippen molar-refractivity contribution in [2.75, 3.05) is 0 Å². The molecule has 4 aliphatic rings.